The molecule has 0 aromatic heterocycles. The molecule has 1 aromatic carbocycles. The number of methoxy groups -OCH3 is 1. The number of amides is 2. The Hall–Kier alpha value is -3.22. The lowest BCUT2D eigenvalue weighted by atomic mass is 9.99. The fourth-order valence-electron chi connectivity index (χ4n) is 4.33. The molecule has 16 heteroatoms. The summed E-state index contributed by atoms with van der Waals surface area (Å²) in [6, 6.07) is 6.35. The molecule has 0 saturated carbocycles. The second kappa shape index (κ2) is 32.1. The molecule has 1 atom stereocenters. The van der Waals surface area contributed by atoms with Crippen molar-refractivity contribution in [2.45, 2.75) is 65.0 Å². The molecule has 0 saturated heterocycles. The van der Waals surface area contributed by atoms with Crippen molar-refractivity contribution in [1.29, 1.82) is 0 Å². The first-order valence-electron chi connectivity index (χ1n) is 18.5. The van der Waals surface area contributed by atoms with Crippen LogP contribution < -0.4 is 15.4 Å². The first-order valence-corrected chi connectivity index (χ1v) is 18.5. The topological polar surface area (TPSA) is 185 Å². The van der Waals surface area contributed by atoms with Crippen LogP contribution in [0.15, 0.2) is 24.3 Å². The zero-order valence-corrected chi connectivity index (χ0v) is 33.0. The smallest absolute Gasteiger partial charge is 0.407 e. The number of carbonyl (C=O) groups is 4. The Labute approximate surface area is 320 Å². The summed E-state index contributed by atoms with van der Waals surface area (Å²) in [7, 11) is 1.62. The van der Waals surface area contributed by atoms with Gasteiger partial charge >= 0.3 is 6.09 Å². The quantitative estimate of drug-likeness (QED) is 0.0961. The second-order valence-electron chi connectivity index (χ2n) is 13.0. The van der Waals surface area contributed by atoms with Crippen molar-refractivity contribution in [2.75, 3.05) is 119 Å². The number of carbonyl (C=O) groups excluding carboxylic acids is 4. The van der Waals surface area contributed by atoms with E-state index in [4.69, 9.17) is 47.4 Å². The average molecular weight is 773 g/mol. The van der Waals surface area contributed by atoms with Gasteiger partial charge in [-0.25, -0.2) is 4.79 Å². The van der Waals surface area contributed by atoms with Crippen molar-refractivity contribution in [3.8, 4) is 5.75 Å². The fourth-order valence-corrected chi connectivity index (χ4v) is 4.33. The van der Waals surface area contributed by atoms with Crippen molar-refractivity contribution in [3.63, 3.8) is 0 Å². The van der Waals surface area contributed by atoms with Gasteiger partial charge in [0.2, 0.25) is 5.91 Å². The number of hydrogen-bond acceptors (Lipinski definition) is 14. The molecule has 1 rings (SSSR count). The van der Waals surface area contributed by atoms with Crippen LogP contribution in [0.5, 0.6) is 5.75 Å². The number of benzene rings is 1. The van der Waals surface area contributed by atoms with E-state index in [2.05, 4.69) is 10.6 Å². The summed E-state index contributed by atoms with van der Waals surface area (Å²) in [4.78, 5) is 48.8. The normalized spacial score (nSPS) is 11.9. The maximum absolute atomic E-state index is 13.2. The van der Waals surface area contributed by atoms with E-state index < -0.39 is 17.7 Å². The molecule has 2 amide bonds. The van der Waals surface area contributed by atoms with Gasteiger partial charge in [0, 0.05) is 33.1 Å². The molecular weight excluding hydrogens is 708 g/mol. The highest BCUT2D eigenvalue weighted by molar-refractivity contribution is 5.89. The molecule has 310 valence electrons. The largest absolute Gasteiger partial charge is 0.486 e. The van der Waals surface area contributed by atoms with Crippen molar-refractivity contribution in [3.05, 3.63) is 29.8 Å². The Kier molecular flexibility index (Phi) is 29.0. The summed E-state index contributed by atoms with van der Waals surface area (Å²) in [5.74, 6) is 0.0525. The van der Waals surface area contributed by atoms with Gasteiger partial charge in [0.25, 0.3) is 0 Å². The minimum Gasteiger partial charge on any atom is -0.486 e. The lowest BCUT2D eigenvalue weighted by Crippen LogP contribution is -2.42. The highest BCUT2D eigenvalue weighted by Crippen LogP contribution is 2.15. The molecule has 1 aromatic rings. The second-order valence-corrected chi connectivity index (χ2v) is 13.0. The van der Waals surface area contributed by atoms with Crippen LogP contribution in [-0.2, 0) is 63.4 Å². The molecule has 0 aliphatic rings. The van der Waals surface area contributed by atoms with E-state index in [0.29, 0.717) is 118 Å². The third-order valence-corrected chi connectivity index (χ3v) is 6.92. The van der Waals surface area contributed by atoms with Crippen LogP contribution in [0.2, 0.25) is 0 Å². The number of ether oxygens (including phenoxy) is 10. The van der Waals surface area contributed by atoms with E-state index in [-0.39, 0.29) is 43.5 Å². The molecule has 54 heavy (non-hydrogen) atoms. The molecule has 0 aliphatic carbocycles. The summed E-state index contributed by atoms with van der Waals surface area (Å²) >= 11 is 0. The van der Waals surface area contributed by atoms with Gasteiger partial charge in [-0.15, -0.1) is 0 Å². The number of hydrogen-bond donors (Lipinski definition) is 2. The van der Waals surface area contributed by atoms with Gasteiger partial charge in [-0.3, -0.25) is 14.4 Å². The Morgan fingerprint density at radius 1 is 0.648 bits per heavy atom. The van der Waals surface area contributed by atoms with E-state index in [0.717, 1.165) is 5.56 Å². The van der Waals surface area contributed by atoms with Gasteiger partial charge in [-0.2, -0.15) is 0 Å². The zero-order valence-electron chi connectivity index (χ0n) is 33.0. The lowest BCUT2D eigenvalue weighted by molar-refractivity contribution is -0.128. The minimum absolute atomic E-state index is 0.0211. The maximum Gasteiger partial charge on any atom is 0.407 e. The van der Waals surface area contributed by atoms with Crippen molar-refractivity contribution in [2.24, 2.45) is 0 Å². The molecule has 2 N–H and O–H groups in total. The summed E-state index contributed by atoms with van der Waals surface area (Å²) in [6.07, 6.45) is 0.632. The molecule has 0 radical (unpaired) electrons. The summed E-state index contributed by atoms with van der Waals surface area (Å²) in [5.41, 5.74) is 0.291. The van der Waals surface area contributed by atoms with Crippen LogP contribution in [0.4, 0.5) is 4.79 Å². The Bertz CT molecular complexity index is 1130. The van der Waals surface area contributed by atoms with Crippen LogP contribution in [0.3, 0.4) is 0 Å². The molecule has 0 aliphatic heterocycles. The summed E-state index contributed by atoms with van der Waals surface area (Å²) < 4.78 is 53.8. The number of rotatable bonds is 35. The van der Waals surface area contributed by atoms with Gasteiger partial charge in [0.05, 0.1) is 98.5 Å². The molecule has 0 heterocycles. The number of nitrogens with one attached hydrogen (secondary N) is 2. The Morgan fingerprint density at radius 3 is 1.67 bits per heavy atom. The predicted octanol–water partition coefficient (Wildman–Crippen LogP) is 2.71. The zero-order chi connectivity index (χ0) is 39.7. The summed E-state index contributed by atoms with van der Waals surface area (Å²) in [5, 5.41) is 5.48. The van der Waals surface area contributed by atoms with E-state index in [1.165, 1.54) is 6.92 Å². The molecular formula is C38H64N2O14. The minimum atomic E-state index is -0.731. The van der Waals surface area contributed by atoms with Crippen molar-refractivity contribution < 1.29 is 66.5 Å². The van der Waals surface area contributed by atoms with Gasteiger partial charge in [0.1, 0.15) is 18.0 Å². The van der Waals surface area contributed by atoms with Gasteiger partial charge in [-0.05, 0) is 58.2 Å². The van der Waals surface area contributed by atoms with Crippen LogP contribution in [0.25, 0.3) is 0 Å². The molecule has 0 bridgehead atoms. The van der Waals surface area contributed by atoms with Gasteiger partial charge in [0.15, 0.2) is 11.6 Å². The molecule has 0 spiro atoms. The van der Waals surface area contributed by atoms with Crippen LogP contribution in [0, 0.1) is 0 Å². The fraction of sp³-hybridized carbons (Fsp3) is 0.737. The van der Waals surface area contributed by atoms with Crippen molar-refractivity contribution in [1.82, 2.24) is 10.6 Å². The van der Waals surface area contributed by atoms with E-state index >= 15 is 0 Å². The van der Waals surface area contributed by atoms with E-state index in [1.54, 1.807) is 40.0 Å². The van der Waals surface area contributed by atoms with Gasteiger partial charge < -0.3 is 58.0 Å². The predicted molar refractivity (Wildman–Crippen MR) is 199 cm³/mol. The average Bonchev–Trinajstić information content (AvgIpc) is 3.12. The molecule has 0 unspecified atom stereocenters. The van der Waals surface area contributed by atoms with Gasteiger partial charge in [-0.1, -0.05) is 12.1 Å². The highest BCUT2D eigenvalue weighted by Gasteiger charge is 2.21. The SMILES string of the molecule is COCCOCCOCCOCCCC(=O)[C@H](Cc1ccc(OCC(C)=O)cc1)NC(=O)CCOCCOCCOCCOCCNC(=O)OC(C)(C)C. The van der Waals surface area contributed by atoms with E-state index in [1.807, 2.05) is 12.1 Å². The highest BCUT2D eigenvalue weighted by atomic mass is 16.6. The molecule has 0 fully saturated rings. The third-order valence-electron chi connectivity index (χ3n) is 6.92. The number of ketones is 2. The third kappa shape index (κ3) is 30.1. The monoisotopic (exact) mass is 772 g/mol. The number of alkyl carbamates (subject to hydrolysis) is 1. The van der Waals surface area contributed by atoms with Crippen LogP contribution in [0.1, 0.15) is 52.5 Å². The Morgan fingerprint density at radius 2 is 1.15 bits per heavy atom. The standard InChI is InChI=1S/C38H64N2O14/c1-31(41)30-53-33-10-8-32(9-11-33)29-34(35(42)7-6-14-46-19-22-50-26-25-49-18-17-45-5)40-36(43)12-15-47-20-23-51-27-28-52-24-21-48-16-13-39-37(44)54-38(2,3)4/h8-11,34H,6-7,12-30H2,1-5H3,(H,39,44)(H,40,43)/t34-/m0/s1. The number of Topliss-reactive ketones (excluding diaryl/α,β-unsaturated/α-hetero) is 2. The van der Waals surface area contributed by atoms with E-state index in [9.17, 15) is 19.2 Å². The van der Waals surface area contributed by atoms with Crippen LogP contribution in [-0.4, -0.2) is 155 Å². The van der Waals surface area contributed by atoms with Crippen LogP contribution >= 0.6 is 0 Å². The lowest BCUT2D eigenvalue weighted by Gasteiger charge is -2.19. The first-order chi connectivity index (χ1) is 26.0. The van der Waals surface area contributed by atoms with Crippen molar-refractivity contribution >= 4 is 23.6 Å². The molecule has 16 nitrogen and oxygen atoms in total. The first kappa shape index (κ1) is 48.8. The summed E-state index contributed by atoms with van der Waals surface area (Å²) in [6.45, 7) is 13.1. The maximum atomic E-state index is 13.2. The Balaban J connectivity index is 2.28.